The summed E-state index contributed by atoms with van der Waals surface area (Å²) in [4.78, 5) is 2.59. The Bertz CT molecular complexity index is 445. The fourth-order valence-electron chi connectivity index (χ4n) is 3.73. The van der Waals surface area contributed by atoms with Crippen LogP contribution in [0.2, 0.25) is 0 Å². The molecule has 1 aliphatic heterocycles. The Hall–Kier alpha value is -0.900. The molecule has 2 N–H and O–H groups in total. The first-order chi connectivity index (χ1) is 9.66. The summed E-state index contributed by atoms with van der Waals surface area (Å²) in [6, 6.07) is 9.67. The SMILES string of the molecule is Cc1ccc(C(N)C(C)N2CCOC3CCCC32)cc1. The first kappa shape index (κ1) is 14.1. The third-order valence-electron chi connectivity index (χ3n) is 5.03. The number of ether oxygens (including phenoxy) is 1. The van der Waals surface area contributed by atoms with Crippen molar-refractivity contribution in [2.75, 3.05) is 13.2 Å². The van der Waals surface area contributed by atoms with Gasteiger partial charge in [0, 0.05) is 24.7 Å². The summed E-state index contributed by atoms with van der Waals surface area (Å²) in [7, 11) is 0. The molecule has 2 aliphatic rings. The van der Waals surface area contributed by atoms with Crippen molar-refractivity contribution in [2.45, 2.75) is 57.3 Å². The lowest BCUT2D eigenvalue weighted by Gasteiger charge is -2.43. The van der Waals surface area contributed by atoms with Crippen LogP contribution in [0.15, 0.2) is 24.3 Å². The van der Waals surface area contributed by atoms with Crippen molar-refractivity contribution in [1.82, 2.24) is 4.90 Å². The maximum absolute atomic E-state index is 6.52. The zero-order chi connectivity index (χ0) is 14.1. The molecule has 3 nitrogen and oxygen atoms in total. The normalized spacial score (nSPS) is 29.9. The van der Waals surface area contributed by atoms with Crippen LogP contribution in [-0.4, -0.2) is 36.2 Å². The van der Waals surface area contributed by atoms with Crippen LogP contribution in [0.5, 0.6) is 0 Å². The molecule has 1 aliphatic carbocycles. The summed E-state index contributed by atoms with van der Waals surface area (Å²) in [5, 5.41) is 0. The van der Waals surface area contributed by atoms with Crippen LogP contribution >= 0.6 is 0 Å². The van der Waals surface area contributed by atoms with Crippen molar-refractivity contribution in [3.63, 3.8) is 0 Å². The first-order valence-electron chi connectivity index (χ1n) is 7.86. The van der Waals surface area contributed by atoms with Gasteiger partial charge in [0.1, 0.15) is 0 Å². The summed E-state index contributed by atoms with van der Waals surface area (Å²) < 4.78 is 5.90. The second-order valence-corrected chi connectivity index (χ2v) is 6.32. The average molecular weight is 274 g/mol. The van der Waals surface area contributed by atoms with Crippen LogP contribution in [-0.2, 0) is 4.74 Å². The number of benzene rings is 1. The molecular formula is C17H26N2O. The maximum atomic E-state index is 6.52. The topological polar surface area (TPSA) is 38.5 Å². The summed E-state index contributed by atoms with van der Waals surface area (Å²) in [6.45, 7) is 6.25. The van der Waals surface area contributed by atoms with E-state index in [1.54, 1.807) is 0 Å². The molecule has 0 bridgehead atoms. The molecule has 4 unspecified atom stereocenters. The molecule has 1 aromatic rings. The van der Waals surface area contributed by atoms with Gasteiger partial charge < -0.3 is 10.5 Å². The average Bonchev–Trinajstić information content (AvgIpc) is 2.95. The fraction of sp³-hybridized carbons (Fsp3) is 0.647. The molecule has 1 heterocycles. The van der Waals surface area contributed by atoms with E-state index in [9.17, 15) is 0 Å². The van der Waals surface area contributed by atoms with E-state index in [0.29, 0.717) is 18.2 Å². The largest absolute Gasteiger partial charge is 0.375 e. The maximum Gasteiger partial charge on any atom is 0.0731 e. The van der Waals surface area contributed by atoms with E-state index in [2.05, 4.69) is 43.0 Å². The van der Waals surface area contributed by atoms with Crippen LogP contribution in [0.3, 0.4) is 0 Å². The van der Waals surface area contributed by atoms with Crippen LogP contribution in [0.25, 0.3) is 0 Å². The molecule has 4 atom stereocenters. The second kappa shape index (κ2) is 5.84. The molecule has 3 rings (SSSR count). The number of hydrogen-bond acceptors (Lipinski definition) is 3. The van der Waals surface area contributed by atoms with Crippen molar-refractivity contribution in [1.29, 1.82) is 0 Å². The molecule has 1 aromatic carbocycles. The van der Waals surface area contributed by atoms with Gasteiger partial charge in [0.25, 0.3) is 0 Å². The molecular weight excluding hydrogens is 248 g/mol. The molecule has 0 radical (unpaired) electrons. The number of morpholine rings is 1. The van der Waals surface area contributed by atoms with Crippen LogP contribution in [0.1, 0.15) is 43.4 Å². The number of nitrogens with zero attached hydrogens (tertiary/aromatic N) is 1. The monoisotopic (exact) mass is 274 g/mol. The molecule has 20 heavy (non-hydrogen) atoms. The van der Waals surface area contributed by atoms with Gasteiger partial charge in [0.05, 0.1) is 12.7 Å². The third kappa shape index (κ3) is 2.62. The highest BCUT2D eigenvalue weighted by Crippen LogP contribution is 2.33. The minimum atomic E-state index is 0.0787. The lowest BCUT2D eigenvalue weighted by molar-refractivity contribution is -0.0725. The Balaban J connectivity index is 1.73. The minimum Gasteiger partial charge on any atom is -0.375 e. The highest BCUT2D eigenvalue weighted by Gasteiger charge is 2.39. The summed E-state index contributed by atoms with van der Waals surface area (Å²) >= 11 is 0. The molecule has 1 saturated heterocycles. The molecule has 110 valence electrons. The van der Waals surface area contributed by atoms with Gasteiger partial charge in [-0.25, -0.2) is 0 Å². The van der Waals surface area contributed by atoms with Gasteiger partial charge in [-0.05, 0) is 38.7 Å². The van der Waals surface area contributed by atoms with E-state index in [1.165, 1.54) is 30.4 Å². The quantitative estimate of drug-likeness (QED) is 0.921. The number of rotatable bonds is 3. The van der Waals surface area contributed by atoms with Crippen LogP contribution < -0.4 is 5.73 Å². The molecule has 1 saturated carbocycles. The number of fused-ring (bicyclic) bond motifs is 1. The van der Waals surface area contributed by atoms with E-state index in [1.807, 2.05) is 0 Å². The lowest BCUT2D eigenvalue weighted by Crippen LogP contribution is -2.54. The van der Waals surface area contributed by atoms with Gasteiger partial charge in [-0.2, -0.15) is 0 Å². The van der Waals surface area contributed by atoms with Gasteiger partial charge in [-0.1, -0.05) is 29.8 Å². The van der Waals surface area contributed by atoms with E-state index in [4.69, 9.17) is 10.5 Å². The van der Waals surface area contributed by atoms with Crippen molar-refractivity contribution in [3.05, 3.63) is 35.4 Å². The van der Waals surface area contributed by atoms with Crippen molar-refractivity contribution >= 4 is 0 Å². The zero-order valence-electron chi connectivity index (χ0n) is 12.6. The van der Waals surface area contributed by atoms with E-state index < -0.39 is 0 Å². The standard InChI is InChI=1S/C17H26N2O/c1-12-6-8-14(9-7-12)17(18)13(2)19-10-11-20-16-5-3-4-15(16)19/h6-9,13,15-17H,3-5,10-11,18H2,1-2H3. The van der Waals surface area contributed by atoms with E-state index >= 15 is 0 Å². The van der Waals surface area contributed by atoms with Crippen molar-refractivity contribution in [2.24, 2.45) is 5.73 Å². The summed E-state index contributed by atoms with van der Waals surface area (Å²) in [6.07, 6.45) is 4.21. The van der Waals surface area contributed by atoms with Crippen molar-refractivity contribution < 1.29 is 4.74 Å². The van der Waals surface area contributed by atoms with Crippen molar-refractivity contribution in [3.8, 4) is 0 Å². The van der Waals surface area contributed by atoms with Crippen LogP contribution in [0.4, 0.5) is 0 Å². The van der Waals surface area contributed by atoms with Gasteiger partial charge in [0.15, 0.2) is 0 Å². The fourth-order valence-corrected chi connectivity index (χ4v) is 3.73. The molecule has 2 fully saturated rings. The van der Waals surface area contributed by atoms with E-state index in [-0.39, 0.29) is 6.04 Å². The highest BCUT2D eigenvalue weighted by atomic mass is 16.5. The molecule has 0 spiro atoms. The van der Waals surface area contributed by atoms with Gasteiger partial charge in [-0.3, -0.25) is 4.90 Å². The third-order valence-corrected chi connectivity index (χ3v) is 5.03. The zero-order valence-corrected chi connectivity index (χ0v) is 12.6. The molecule has 0 amide bonds. The first-order valence-corrected chi connectivity index (χ1v) is 7.86. The minimum absolute atomic E-state index is 0.0787. The Morgan fingerprint density at radius 3 is 2.75 bits per heavy atom. The summed E-state index contributed by atoms with van der Waals surface area (Å²) in [5.41, 5.74) is 9.05. The highest BCUT2D eigenvalue weighted by molar-refractivity contribution is 5.25. The predicted octanol–water partition coefficient (Wildman–Crippen LogP) is 2.64. The Morgan fingerprint density at radius 1 is 1.25 bits per heavy atom. The van der Waals surface area contributed by atoms with Gasteiger partial charge >= 0.3 is 0 Å². The number of hydrogen-bond donors (Lipinski definition) is 1. The lowest BCUT2D eigenvalue weighted by atomic mass is 9.96. The number of nitrogens with two attached hydrogens (primary N) is 1. The van der Waals surface area contributed by atoms with E-state index in [0.717, 1.165) is 13.2 Å². The Morgan fingerprint density at radius 2 is 2.00 bits per heavy atom. The predicted molar refractivity (Wildman–Crippen MR) is 81.7 cm³/mol. The molecule has 0 aromatic heterocycles. The Kier molecular flexibility index (Phi) is 4.11. The summed E-state index contributed by atoms with van der Waals surface area (Å²) in [5.74, 6) is 0. The Labute approximate surface area is 122 Å². The second-order valence-electron chi connectivity index (χ2n) is 6.32. The number of aryl methyl sites for hydroxylation is 1. The smallest absolute Gasteiger partial charge is 0.0731 e. The molecule has 3 heteroatoms. The van der Waals surface area contributed by atoms with Gasteiger partial charge in [0.2, 0.25) is 0 Å². The van der Waals surface area contributed by atoms with Crippen LogP contribution in [0, 0.1) is 6.92 Å². The van der Waals surface area contributed by atoms with Gasteiger partial charge in [-0.15, -0.1) is 0 Å².